The number of nitrogens with one attached hydrogen (secondary N) is 1. The van der Waals surface area contributed by atoms with Gasteiger partial charge in [-0.25, -0.2) is 0 Å². The lowest BCUT2D eigenvalue weighted by Gasteiger charge is -2.09. The lowest BCUT2D eigenvalue weighted by molar-refractivity contribution is 0.102. The van der Waals surface area contributed by atoms with Gasteiger partial charge in [0.2, 0.25) is 0 Å². The van der Waals surface area contributed by atoms with Crippen LogP contribution in [0.4, 0.5) is 5.69 Å². The van der Waals surface area contributed by atoms with Crippen LogP contribution in [-0.2, 0) is 0 Å². The summed E-state index contributed by atoms with van der Waals surface area (Å²) < 4.78 is 0. The Balaban J connectivity index is 2.28. The monoisotopic (exact) mass is 336 g/mol. The summed E-state index contributed by atoms with van der Waals surface area (Å²) in [5.74, 6) is -0.372. The predicted molar refractivity (Wildman–Crippen MR) is 87.4 cm³/mol. The molecule has 1 amide bonds. The Morgan fingerprint density at radius 2 is 2.00 bits per heavy atom. The molecule has 0 radical (unpaired) electrons. The van der Waals surface area contributed by atoms with Crippen LogP contribution in [0.1, 0.15) is 15.9 Å². The highest BCUT2D eigenvalue weighted by molar-refractivity contribution is 7.98. The van der Waals surface area contributed by atoms with Gasteiger partial charge in [0.25, 0.3) is 5.91 Å². The number of thioether (sulfide) groups is 1. The quantitative estimate of drug-likeness (QED) is 0.816. The van der Waals surface area contributed by atoms with Gasteiger partial charge in [-0.05, 0) is 42.7 Å². The summed E-state index contributed by atoms with van der Waals surface area (Å²) in [6, 6.07) is 11.9. The van der Waals surface area contributed by atoms with E-state index in [9.17, 15) is 4.79 Å². The Morgan fingerprint density at radius 1 is 1.24 bits per heavy atom. The lowest BCUT2D eigenvalue weighted by atomic mass is 10.2. The summed E-state index contributed by atoms with van der Waals surface area (Å²) in [5.41, 5.74) is 1.33. The minimum Gasteiger partial charge on any atom is -0.322 e. The zero-order valence-corrected chi connectivity index (χ0v) is 13.3. The van der Waals surface area contributed by atoms with Crippen LogP contribution in [0.25, 0.3) is 0 Å². The number of rotatable bonds is 3. The number of nitriles is 1. The van der Waals surface area contributed by atoms with Crippen molar-refractivity contribution in [3.05, 3.63) is 57.6 Å². The molecule has 0 unspecified atom stereocenters. The van der Waals surface area contributed by atoms with Gasteiger partial charge >= 0.3 is 0 Å². The topological polar surface area (TPSA) is 52.9 Å². The van der Waals surface area contributed by atoms with Crippen LogP contribution in [0.15, 0.2) is 41.3 Å². The molecule has 2 rings (SSSR count). The van der Waals surface area contributed by atoms with Crippen LogP contribution in [0.2, 0.25) is 10.0 Å². The van der Waals surface area contributed by atoms with Gasteiger partial charge in [0.1, 0.15) is 6.07 Å². The fourth-order valence-electron chi connectivity index (χ4n) is 1.74. The maximum absolute atomic E-state index is 12.2. The van der Waals surface area contributed by atoms with Gasteiger partial charge in [-0.1, -0.05) is 23.2 Å². The van der Waals surface area contributed by atoms with E-state index in [-0.39, 0.29) is 11.5 Å². The second-order valence-corrected chi connectivity index (χ2v) is 5.80. The highest BCUT2D eigenvalue weighted by atomic mass is 35.5. The van der Waals surface area contributed by atoms with E-state index in [4.69, 9.17) is 28.5 Å². The van der Waals surface area contributed by atoms with E-state index < -0.39 is 0 Å². The van der Waals surface area contributed by atoms with E-state index in [1.165, 1.54) is 17.8 Å². The maximum atomic E-state index is 12.2. The largest absolute Gasteiger partial charge is 0.322 e. The molecule has 21 heavy (non-hydrogen) atoms. The molecule has 0 saturated heterocycles. The first-order chi connectivity index (χ1) is 10.0. The third kappa shape index (κ3) is 3.70. The van der Waals surface area contributed by atoms with Crippen molar-refractivity contribution in [2.45, 2.75) is 4.90 Å². The molecule has 0 saturated carbocycles. The number of hydrogen-bond donors (Lipinski definition) is 1. The van der Waals surface area contributed by atoms with Crippen molar-refractivity contribution in [3.8, 4) is 6.07 Å². The minimum atomic E-state index is -0.372. The van der Waals surface area contributed by atoms with E-state index in [0.29, 0.717) is 21.3 Å². The van der Waals surface area contributed by atoms with Crippen molar-refractivity contribution in [1.29, 1.82) is 5.26 Å². The fourth-order valence-corrected chi connectivity index (χ4v) is 2.65. The number of benzene rings is 2. The molecule has 2 aromatic carbocycles. The highest BCUT2D eigenvalue weighted by Gasteiger charge is 2.12. The van der Waals surface area contributed by atoms with Crippen LogP contribution >= 0.6 is 35.0 Å². The standard InChI is InChI=1S/C15H10Cl2N2OS/c1-21-14-5-3-11(6-9(14)8-18)19-15(20)12-7-10(16)2-4-13(12)17/h2-7H,1H3,(H,19,20). The van der Waals surface area contributed by atoms with Crippen molar-refractivity contribution < 1.29 is 4.79 Å². The first-order valence-corrected chi connectivity index (χ1v) is 7.87. The molecule has 3 nitrogen and oxygen atoms in total. The first-order valence-electron chi connectivity index (χ1n) is 5.89. The fraction of sp³-hybridized carbons (Fsp3) is 0.0667. The second kappa shape index (κ2) is 6.86. The number of hydrogen-bond acceptors (Lipinski definition) is 3. The molecule has 0 aromatic heterocycles. The molecule has 0 aliphatic carbocycles. The molecule has 0 bridgehead atoms. The van der Waals surface area contributed by atoms with Crippen LogP contribution in [0.5, 0.6) is 0 Å². The molecule has 0 fully saturated rings. The Morgan fingerprint density at radius 3 is 2.67 bits per heavy atom. The summed E-state index contributed by atoms with van der Waals surface area (Å²) in [6.45, 7) is 0. The Kier molecular flexibility index (Phi) is 5.13. The van der Waals surface area contributed by atoms with Crippen molar-refractivity contribution in [2.24, 2.45) is 0 Å². The third-order valence-corrected chi connectivity index (χ3v) is 4.11. The summed E-state index contributed by atoms with van der Waals surface area (Å²) in [7, 11) is 0. The average Bonchev–Trinajstić information content (AvgIpc) is 2.49. The molecular weight excluding hydrogens is 327 g/mol. The van der Waals surface area contributed by atoms with Crippen LogP contribution in [0.3, 0.4) is 0 Å². The lowest BCUT2D eigenvalue weighted by Crippen LogP contribution is -2.12. The van der Waals surface area contributed by atoms with Crippen LogP contribution in [0, 0.1) is 11.3 Å². The van der Waals surface area contributed by atoms with Gasteiger partial charge < -0.3 is 5.32 Å². The van der Waals surface area contributed by atoms with E-state index in [2.05, 4.69) is 11.4 Å². The Labute approximate surface area is 136 Å². The van der Waals surface area contributed by atoms with E-state index in [1.54, 1.807) is 30.3 Å². The highest BCUT2D eigenvalue weighted by Crippen LogP contribution is 2.25. The molecule has 6 heteroatoms. The zero-order valence-electron chi connectivity index (χ0n) is 11.0. The molecule has 1 N–H and O–H groups in total. The summed E-state index contributed by atoms with van der Waals surface area (Å²) in [5, 5.41) is 12.5. The van der Waals surface area contributed by atoms with Gasteiger partial charge in [0.05, 0.1) is 16.1 Å². The zero-order chi connectivity index (χ0) is 15.4. The SMILES string of the molecule is CSc1ccc(NC(=O)c2cc(Cl)ccc2Cl)cc1C#N. The van der Waals surface area contributed by atoms with Gasteiger partial charge in [0, 0.05) is 15.6 Å². The number of anilines is 1. The van der Waals surface area contributed by atoms with E-state index >= 15 is 0 Å². The second-order valence-electron chi connectivity index (χ2n) is 4.11. The molecular formula is C15H10Cl2N2OS. The number of carbonyl (C=O) groups is 1. The van der Waals surface area contributed by atoms with Crippen molar-refractivity contribution in [2.75, 3.05) is 11.6 Å². The van der Waals surface area contributed by atoms with Crippen LogP contribution in [-0.4, -0.2) is 12.2 Å². The molecule has 0 heterocycles. The summed E-state index contributed by atoms with van der Waals surface area (Å²) in [4.78, 5) is 13.1. The van der Waals surface area contributed by atoms with E-state index in [0.717, 1.165) is 4.90 Å². The van der Waals surface area contributed by atoms with Gasteiger partial charge in [0.15, 0.2) is 0 Å². The van der Waals surface area contributed by atoms with Crippen molar-refractivity contribution in [1.82, 2.24) is 0 Å². The van der Waals surface area contributed by atoms with Gasteiger partial charge in [-0.15, -0.1) is 11.8 Å². The Hall–Kier alpha value is -1.67. The number of carbonyl (C=O) groups excluding carboxylic acids is 1. The molecule has 0 aliphatic rings. The Bertz CT molecular complexity index is 741. The third-order valence-electron chi connectivity index (χ3n) is 2.75. The maximum Gasteiger partial charge on any atom is 0.257 e. The van der Waals surface area contributed by atoms with Gasteiger partial charge in [-0.2, -0.15) is 5.26 Å². The minimum absolute atomic E-state index is 0.289. The normalized spacial score (nSPS) is 10.0. The molecule has 2 aromatic rings. The molecule has 0 aliphatic heterocycles. The van der Waals surface area contributed by atoms with Crippen molar-refractivity contribution >= 4 is 46.6 Å². The van der Waals surface area contributed by atoms with Crippen molar-refractivity contribution in [3.63, 3.8) is 0 Å². The molecule has 0 spiro atoms. The smallest absolute Gasteiger partial charge is 0.257 e. The summed E-state index contributed by atoms with van der Waals surface area (Å²) in [6.07, 6.45) is 1.89. The molecule has 106 valence electrons. The number of nitrogens with zero attached hydrogens (tertiary/aromatic N) is 1. The molecule has 0 atom stereocenters. The average molecular weight is 337 g/mol. The number of halogens is 2. The first kappa shape index (κ1) is 15.7. The predicted octanol–water partition coefficient (Wildman–Crippen LogP) is 4.84. The summed E-state index contributed by atoms with van der Waals surface area (Å²) >= 11 is 13.3. The van der Waals surface area contributed by atoms with E-state index in [1.807, 2.05) is 6.26 Å². The van der Waals surface area contributed by atoms with Gasteiger partial charge in [-0.3, -0.25) is 4.79 Å². The number of amides is 1. The van der Waals surface area contributed by atoms with Crippen LogP contribution < -0.4 is 5.32 Å².